The Morgan fingerprint density at radius 1 is 1.04 bits per heavy atom. The molecule has 0 aliphatic heterocycles. The van der Waals surface area contributed by atoms with Gasteiger partial charge in [0, 0.05) is 5.92 Å². The fourth-order valence-corrected chi connectivity index (χ4v) is 4.28. The molecule has 0 saturated carbocycles. The molecule has 2 aromatic rings. The summed E-state index contributed by atoms with van der Waals surface area (Å²) >= 11 is 0. The molecule has 0 bridgehead atoms. The van der Waals surface area contributed by atoms with Gasteiger partial charge in [-0.15, -0.1) is 6.58 Å². The summed E-state index contributed by atoms with van der Waals surface area (Å²) in [4.78, 5) is 12.3. The maximum Gasteiger partial charge on any atom is 0.325 e. The smallest absolute Gasteiger partial charge is 0.325 e. The molecule has 120 valence electrons. The van der Waals surface area contributed by atoms with Crippen LogP contribution in [0.1, 0.15) is 11.5 Å². The average Bonchev–Trinajstić information content (AvgIpc) is 2.60. The van der Waals surface area contributed by atoms with Crippen LogP contribution in [0.3, 0.4) is 0 Å². The highest BCUT2D eigenvalue weighted by Crippen LogP contribution is 2.30. The second-order valence-electron chi connectivity index (χ2n) is 4.97. The van der Waals surface area contributed by atoms with E-state index in [4.69, 9.17) is 4.74 Å². The van der Waals surface area contributed by atoms with Crippen LogP contribution in [-0.2, 0) is 19.4 Å². The zero-order valence-electron chi connectivity index (χ0n) is 12.8. The number of rotatable bonds is 6. The fraction of sp³-hybridized carbons (Fsp3) is 0.167. The molecule has 5 heteroatoms. The Hall–Kier alpha value is -2.40. The normalized spacial score (nSPS) is 13.8. The van der Waals surface area contributed by atoms with Crippen molar-refractivity contribution < 1.29 is 17.9 Å². The molecule has 0 aromatic heterocycles. The Morgan fingerprint density at radius 3 is 2.04 bits per heavy atom. The molecular formula is C18H18O4S. The lowest BCUT2D eigenvalue weighted by atomic mass is 9.95. The average molecular weight is 330 g/mol. The molecular weight excluding hydrogens is 312 g/mol. The van der Waals surface area contributed by atoms with Crippen LogP contribution in [0.5, 0.6) is 0 Å². The van der Waals surface area contributed by atoms with Crippen LogP contribution in [0, 0.1) is 0 Å². The lowest BCUT2D eigenvalue weighted by Crippen LogP contribution is -2.36. The molecule has 1 unspecified atom stereocenters. The minimum absolute atomic E-state index is 0.0816. The maximum atomic E-state index is 13.0. The first-order chi connectivity index (χ1) is 11.0. The summed E-state index contributed by atoms with van der Waals surface area (Å²) in [5, 5.41) is -1.38. The second-order valence-corrected chi connectivity index (χ2v) is 7.04. The quantitative estimate of drug-likeness (QED) is 0.603. The van der Waals surface area contributed by atoms with Gasteiger partial charge in [0.05, 0.1) is 12.0 Å². The van der Waals surface area contributed by atoms with E-state index in [0.29, 0.717) is 5.56 Å². The highest BCUT2D eigenvalue weighted by Gasteiger charge is 2.40. The largest absolute Gasteiger partial charge is 0.468 e. The number of sulfone groups is 1. The summed E-state index contributed by atoms with van der Waals surface area (Å²) in [5.74, 6) is -1.50. The van der Waals surface area contributed by atoms with Gasteiger partial charge in [-0.05, 0) is 17.7 Å². The van der Waals surface area contributed by atoms with Crippen molar-refractivity contribution in [3.05, 3.63) is 78.9 Å². The zero-order valence-corrected chi connectivity index (χ0v) is 13.6. The number of ether oxygens (including phenoxy) is 1. The molecule has 0 aliphatic rings. The SMILES string of the molecule is C=C[C@@H](c1ccccc1)C(C(=O)OC)S(=O)(=O)c1ccccc1. The van der Waals surface area contributed by atoms with E-state index in [0.717, 1.165) is 0 Å². The van der Waals surface area contributed by atoms with E-state index in [2.05, 4.69) is 6.58 Å². The maximum absolute atomic E-state index is 13.0. The van der Waals surface area contributed by atoms with Crippen molar-refractivity contribution in [2.45, 2.75) is 16.1 Å². The first-order valence-corrected chi connectivity index (χ1v) is 8.61. The Balaban J connectivity index is 2.57. The monoisotopic (exact) mass is 330 g/mol. The molecule has 0 aliphatic carbocycles. The van der Waals surface area contributed by atoms with E-state index >= 15 is 0 Å². The van der Waals surface area contributed by atoms with Crippen molar-refractivity contribution in [2.75, 3.05) is 7.11 Å². The van der Waals surface area contributed by atoms with Gasteiger partial charge in [-0.1, -0.05) is 54.6 Å². The topological polar surface area (TPSA) is 60.4 Å². The molecule has 4 nitrogen and oxygen atoms in total. The van der Waals surface area contributed by atoms with Gasteiger partial charge in [0.25, 0.3) is 0 Å². The van der Waals surface area contributed by atoms with Crippen LogP contribution < -0.4 is 0 Å². The number of carbonyl (C=O) groups excluding carboxylic acids is 1. The molecule has 0 amide bonds. The first kappa shape index (κ1) is 17.0. The van der Waals surface area contributed by atoms with Crippen LogP contribution in [0.25, 0.3) is 0 Å². The lowest BCUT2D eigenvalue weighted by Gasteiger charge is -2.23. The summed E-state index contributed by atoms with van der Waals surface area (Å²) in [6.07, 6.45) is 1.47. The Morgan fingerprint density at radius 2 is 1.57 bits per heavy atom. The number of hydrogen-bond donors (Lipinski definition) is 0. The van der Waals surface area contributed by atoms with Crippen molar-refractivity contribution in [3.63, 3.8) is 0 Å². The summed E-state index contributed by atoms with van der Waals surface area (Å²) in [7, 11) is -2.74. The summed E-state index contributed by atoms with van der Waals surface area (Å²) in [6, 6.07) is 16.8. The molecule has 0 N–H and O–H groups in total. The lowest BCUT2D eigenvalue weighted by molar-refractivity contribution is -0.140. The van der Waals surface area contributed by atoms with E-state index in [1.165, 1.54) is 25.3 Å². The molecule has 2 aromatic carbocycles. The van der Waals surface area contributed by atoms with Crippen molar-refractivity contribution >= 4 is 15.8 Å². The Labute approximate surface area is 136 Å². The van der Waals surface area contributed by atoms with Gasteiger partial charge in [-0.2, -0.15) is 0 Å². The number of methoxy groups -OCH3 is 1. The molecule has 0 radical (unpaired) electrons. The number of hydrogen-bond acceptors (Lipinski definition) is 4. The van der Waals surface area contributed by atoms with E-state index < -0.39 is 27.0 Å². The molecule has 2 rings (SSSR count). The van der Waals surface area contributed by atoms with Crippen LogP contribution in [0.4, 0.5) is 0 Å². The second kappa shape index (κ2) is 7.24. The first-order valence-electron chi connectivity index (χ1n) is 7.06. The summed E-state index contributed by atoms with van der Waals surface area (Å²) < 4.78 is 30.7. The third kappa shape index (κ3) is 3.51. The van der Waals surface area contributed by atoms with Crippen LogP contribution >= 0.6 is 0 Å². The van der Waals surface area contributed by atoms with Crippen molar-refractivity contribution in [1.82, 2.24) is 0 Å². The zero-order chi connectivity index (χ0) is 16.9. The van der Waals surface area contributed by atoms with Crippen molar-refractivity contribution in [1.29, 1.82) is 0 Å². The van der Waals surface area contributed by atoms with Gasteiger partial charge in [0.15, 0.2) is 15.1 Å². The molecule has 0 heterocycles. The van der Waals surface area contributed by atoms with Gasteiger partial charge >= 0.3 is 5.97 Å². The van der Waals surface area contributed by atoms with E-state index in [1.54, 1.807) is 42.5 Å². The molecule has 2 atom stereocenters. The number of esters is 1. The fourth-order valence-electron chi connectivity index (χ4n) is 2.45. The summed E-state index contributed by atoms with van der Waals surface area (Å²) in [5.41, 5.74) is 0.692. The van der Waals surface area contributed by atoms with Crippen LogP contribution in [-0.4, -0.2) is 26.7 Å². The van der Waals surface area contributed by atoms with Gasteiger partial charge in [0.1, 0.15) is 0 Å². The molecule has 0 fully saturated rings. The highest BCUT2D eigenvalue weighted by molar-refractivity contribution is 7.92. The van der Waals surface area contributed by atoms with Gasteiger partial charge in [-0.25, -0.2) is 8.42 Å². The van der Waals surface area contributed by atoms with E-state index in [-0.39, 0.29) is 4.90 Å². The van der Waals surface area contributed by atoms with Gasteiger partial charge < -0.3 is 4.74 Å². The summed E-state index contributed by atoms with van der Waals surface area (Å²) in [6.45, 7) is 3.71. The minimum Gasteiger partial charge on any atom is -0.468 e. The van der Waals surface area contributed by atoms with Gasteiger partial charge in [-0.3, -0.25) is 4.79 Å². The molecule has 23 heavy (non-hydrogen) atoms. The minimum atomic E-state index is -3.92. The standard InChI is InChI=1S/C18H18O4S/c1-3-16(14-10-6-4-7-11-14)17(18(19)22-2)23(20,21)15-12-8-5-9-13-15/h3-13,16-17H,1H2,2H3/t16-,17?/m0/s1. The highest BCUT2D eigenvalue weighted by atomic mass is 32.2. The third-order valence-electron chi connectivity index (χ3n) is 3.60. The van der Waals surface area contributed by atoms with Crippen LogP contribution in [0.15, 0.2) is 78.2 Å². The Kier molecular flexibility index (Phi) is 5.34. The number of allylic oxidation sites excluding steroid dienone is 1. The van der Waals surface area contributed by atoms with Crippen molar-refractivity contribution in [2.24, 2.45) is 0 Å². The van der Waals surface area contributed by atoms with Gasteiger partial charge in [0.2, 0.25) is 0 Å². The molecule has 0 saturated heterocycles. The number of benzene rings is 2. The molecule has 0 spiro atoms. The van der Waals surface area contributed by atoms with Crippen molar-refractivity contribution in [3.8, 4) is 0 Å². The van der Waals surface area contributed by atoms with Crippen LogP contribution in [0.2, 0.25) is 0 Å². The predicted octanol–water partition coefficient (Wildman–Crippen LogP) is 2.97. The third-order valence-corrected chi connectivity index (χ3v) is 5.69. The Bertz CT molecular complexity index is 767. The van der Waals surface area contributed by atoms with E-state index in [1.807, 2.05) is 6.07 Å². The number of carbonyl (C=O) groups is 1. The van der Waals surface area contributed by atoms with E-state index in [9.17, 15) is 13.2 Å². The predicted molar refractivity (Wildman–Crippen MR) is 88.8 cm³/mol.